The number of nitrogens with one attached hydrogen (secondary N) is 1. The van der Waals surface area contributed by atoms with Gasteiger partial charge in [-0.1, -0.05) is 48.2 Å². The standard InChI is InChI=1S/C18H13N3OS/c19-11-14-7-4-10-20-18(14)23-12-17(22)21-16-9-3-6-13-5-1-2-8-15(13)16/h1-10H,12H2,(H,21,22). The predicted octanol–water partition coefficient (Wildman–Crippen LogP) is 3.84. The predicted molar refractivity (Wildman–Crippen MR) is 92.3 cm³/mol. The second-order valence-electron chi connectivity index (χ2n) is 4.83. The monoisotopic (exact) mass is 319 g/mol. The molecule has 0 aliphatic rings. The lowest BCUT2D eigenvalue weighted by molar-refractivity contribution is -0.113. The third-order valence-electron chi connectivity index (χ3n) is 3.30. The van der Waals surface area contributed by atoms with Crippen LogP contribution in [-0.2, 0) is 4.79 Å². The number of amides is 1. The Morgan fingerprint density at radius 3 is 2.83 bits per heavy atom. The normalized spacial score (nSPS) is 10.2. The van der Waals surface area contributed by atoms with Gasteiger partial charge in [0, 0.05) is 17.3 Å². The van der Waals surface area contributed by atoms with E-state index in [2.05, 4.69) is 16.4 Å². The quantitative estimate of drug-likeness (QED) is 0.742. The highest BCUT2D eigenvalue weighted by molar-refractivity contribution is 8.00. The Bertz CT molecular complexity index is 897. The topological polar surface area (TPSA) is 65.8 Å². The summed E-state index contributed by atoms with van der Waals surface area (Å²) in [6, 6.07) is 19.2. The number of hydrogen-bond acceptors (Lipinski definition) is 4. The van der Waals surface area contributed by atoms with Crippen molar-refractivity contribution in [2.75, 3.05) is 11.1 Å². The van der Waals surface area contributed by atoms with E-state index in [1.54, 1.807) is 18.3 Å². The van der Waals surface area contributed by atoms with Gasteiger partial charge in [-0.2, -0.15) is 5.26 Å². The molecule has 3 aromatic rings. The summed E-state index contributed by atoms with van der Waals surface area (Å²) in [5, 5.41) is 14.6. The van der Waals surface area contributed by atoms with Crippen molar-refractivity contribution in [2.45, 2.75) is 5.03 Å². The van der Waals surface area contributed by atoms with Crippen LogP contribution in [0.4, 0.5) is 5.69 Å². The van der Waals surface area contributed by atoms with Crippen LogP contribution in [0.2, 0.25) is 0 Å². The number of carbonyl (C=O) groups excluding carboxylic acids is 1. The van der Waals surface area contributed by atoms with E-state index in [1.807, 2.05) is 42.5 Å². The van der Waals surface area contributed by atoms with Crippen molar-refractivity contribution in [2.24, 2.45) is 0 Å². The van der Waals surface area contributed by atoms with Crippen LogP contribution in [0.25, 0.3) is 10.8 Å². The van der Waals surface area contributed by atoms with Crippen molar-refractivity contribution in [3.63, 3.8) is 0 Å². The lowest BCUT2D eigenvalue weighted by Crippen LogP contribution is -2.14. The zero-order chi connectivity index (χ0) is 16.1. The molecule has 1 aromatic heterocycles. The number of fused-ring (bicyclic) bond motifs is 1. The van der Waals surface area contributed by atoms with Gasteiger partial charge in [0.2, 0.25) is 5.91 Å². The van der Waals surface area contributed by atoms with Crippen molar-refractivity contribution >= 4 is 34.1 Å². The molecular formula is C18H13N3OS. The molecular weight excluding hydrogens is 306 g/mol. The van der Waals surface area contributed by atoms with E-state index in [0.29, 0.717) is 10.6 Å². The van der Waals surface area contributed by atoms with Crippen molar-refractivity contribution in [3.8, 4) is 6.07 Å². The summed E-state index contributed by atoms with van der Waals surface area (Å²) in [6.07, 6.45) is 1.62. The van der Waals surface area contributed by atoms with Crippen molar-refractivity contribution in [1.29, 1.82) is 5.26 Å². The van der Waals surface area contributed by atoms with Crippen LogP contribution in [-0.4, -0.2) is 16.6 Å². The van der Waals surface area contributed by atoms with Crippen LogP contribution in [0, 0.1) is 11.3 Å². The summed E-state index contributed by atoms with van der Waals surface area (Å²) in [7, 11) is 0. The Morgan fingerprint density at radius 1 is 1.13 bits per heavy atom. The average Bonchev–Trinajstić information content (AvgIpc) is 2.60. The Labute approximate surface area is 138 Å². The number of nitrogens with zero attached hydrogens (tertiary/aromatic N) is 2. The fraction of sp³-hybridized carbons (Fsp3) is 0.0556. The first-order chi connectivity index (χ1) is 11.3. The summed E-state index contributed by atoms with van der Waals surface area (Å²) in [5.41, 5.74) is 1.27. The molecule has 23 heavy (non-hydrogen) atoms. The van der Waals surface area contributed by atoms with Crippen molar-refractivity contribution in [1.82, 2.24) is 4.98 Å². The Kier molecular flexibility index (Phi) is 4.55. The van der Waals surface area contributed by atoms with Gasteiger partial charge in [-0.3, -0.25) is 4.79 Å². The third kappa shape index (κ3) is 3.50. The number of rotatable bonds is 4. The zero-order valence-corrected chi connectivity index (χ0v) is 13.0. The molecule has 0 saturated carbocycles. The first kappa shape index (κ1) is 15.1. The molecule has 0 aliphatic carbocycles. The Hall–Kier alpha value is -2.84. The van der Waals surface area contributed by atoms with Gasteiger partial charge >= 0.3 is 0 Å². The number of thioether (sulfide) groups is 1. The van der Waals surface area contributed by atoms with Crippen molar-refractivity contribution < 1.29 is 4.79 Å². The molecule has 0 atom stereocenters. The number of benzene rings is 2. The molecule has 0 unspecified atom stereocenters. The zero-order valence-electron chi connectivity index (χ0n) is 12.2. The number of anilines is 1. The van der Waals surface area contributed by atoms with E-state index in [4.69, 9.17) is 5.26 Å². The lowest BCUT2D eigenvalue weighted by Gasteiger charge is -2.08. The summed E-state index contributed by atoms with van der Waals surface area (Å²) in [6.45, 7) is 0. The average molecular weight is 319 g/mol. The minimum absolute atomic E-state index is 0.124. The van der Waals surface area contributed by atoms with E-state index < -0.39 is 0 Å². The van der Waals surface area contributed by atoms with E-state index in [1.165, 1.54) is 11.8 Å². The largest absolute Gasteiger partial charge is 0.325 e. The van der Waals surface area contributed by atoms with Gasteiger partial charge in [-0.15, -0.1) is 0 Å². The highest BCUT2D eigenvalue weighted by Gasteiger charge is 2.09. The van der Waals surface area contributed by atoms with E-state index >= 15 is 0 Å². The van der Waals surface area contributed by atoms with Crippen LogP contribution in [0.5, 0.6) is 0 Å². The van der Waals surface area contributed by atoms with Crippen molar-refractivity contribution in [3.05, 3.63) is 66.4 Å². The van der Waals surface area contributed by atoms with Crippen LogP contribution < -0.4 is 5.32 Å². The highest BCUT2D eigenvalue weighted by atomic mass is 32.2. The maximum Gasteiger partial charge on any atom is 0.234 e. The third-order valence-corrected chi connectivity index (χ3v) is 4.30. The summed E-state index contributed by atoms with van der Waals surface area (Å²) < 4.78 is 0. The minimum atomic E-state index is -0.124. The smallest absolute Gasteiger partial charge is 0.234 e. The fourth-order valence-corrected chi connectivity index (χ4v) is 2.99. The molecule has 0 saturated heterocycles. The SMILES string of the molecule is N#Cc1cccnc1SCC(=O)Nc1cccc2ccccc12. The molecule has 112 valence electrons. The Morgan fingerprint density at radius 2 is 1.96 bits per heavy atom. The molecule has 2 aromatic carbocycles. The highest BCUT2D eigenvalue weighted by Crippen LogP contribution is 2.24. The maximum atomic E-state index is 12.2. The first-order valence-corrected chi connectivity index (χ1v) is 8.02. The molecule has 0 fully saturated rings. The molecule has 1 amide bonds. The van der Waals surface area contributed by atoms with Crippen LogP contribution in [0.3, 0.4) is 0 Å². The van der Waals surface area contributed by atoms with Gasteiger partial charge in [-0.25, -0.2) is 4.98 Å². The van der Waals surface area contributed by atoms with Gasteiger partial charge in [0.05, 0.1) is 11.3 Å². The first-order valence-electron chi connectivity index (χ1n) is 7.03. The Balaban J connectivity index is 1.71. The van der Waals surface area contributed by atoms with Gasteiger partial charge in [0.1, 0.15) is 11.1 Å². The van der Waals surface area contributed by atoms with Gasteiger partial charge in [0.25, 0.3) is 0 Å². The molecule has 0 spiro atoms. The molecule has 1 heterocycles. The number of carbonyl (C=O) groups is 1. The summed E-state index contributed by atoms with van der Waals surface area (Å²) >= 11 is 1.26. The molecule has 0 bridgehead atoms. The fourth-order valence-electron chi connectivity index (χ4n) is 2.25. The lowest BCUT2D eigenvalue weighted by atomic mass is 10.1. The van der Waals surface area contributed by atoms with Crippen LogP contribution >= 0.6 is 11.8 Å². The molecule has 0 radical (unpaired) electrons. The molecule has 3 rings (SSSR count). The number of pyridine rings is 1. The number of hydrogen-bond donors (Lipinski definition) is 1. The van der Waals surface area contributed by atoms with Crippen LogP contribution in [0.15, 0.2) is 65.8 Å². The minimum Gasteiger partial charge on any atom is -0.325 e. The summed E-state index contributed by atoms with van der Waals surface area (Å²) in [4.78, 5) is 16.3. The second-order valence-corrected chi connectivity index (χ2v) is 5.80. The number of nitriles is 1. The van der Waals surface area contributed by atoms with Gasteiger partial charge < -0.3 is 5.32 Å². The number of aromatic nitrogens is 1. The molecule has 1 N–H and O–H groups in total. The van der Waals surface area contributed by atoms with E-state index in [9.17, 15) is 4.79 Å². The second kappa shape index (κ2) is 6.95. The van der Waals surface area contributed by atoms with Crippen LogP contribution in [0.1, 0.15) is 5.56 Å². The van der Waals surface area contributed by atoms with E-state index in [0.717, 1.165) is 16.5 Å². The molecule has 5 heteroatoms. The van der Waals surface area contributed by atoms with E-state index in [-0.39, 0.29) is 11.7 Å². The molecule has 4 nitrogen and oxygen atoms in total. The summed E-state index contributed by atoms with van der Waals surface area (Å²) in [5.74, 6) is 0.0791. The van der Waals surface area contributed by atoms with Gasteiger partial charge in [-0.05, 0) is 23.6 Å². The molecule has 0 aliphatic heterocycles. The van der Waals surface area contributed by atoms with Gasteiger partial charge in [0.15, 0.2) is 0 Å². The maximum absolute atomic E-state index is 12.2.